The van der Waals surface area contributed by atoms with Crippen molar-refractivity contribution >= 4 is 17.7 Å². The van der Waals surface area contributed by atoms with Crippen molar-refractivity contribution in [1.82, 2.24) is 4.90 Å². The zero-order valence-electron chi connectivity index (χ0n) is 15.6. The first-order valence-corrected chi connectivity index (χ1v) is 8.60. The predicted molar refractivity (Wildman–Crippen MR) is 92.8 cm³/mol. The lowest BCUT2D eigenvalue weighted by Crippen LogP contribution is -2.44. The van der Waals surface area contributed by atoms with E-state index in [1.54, 1.807) is 6.92 Å². The van der Waals surface area contributed by atoms with Crippen LogP contribution in [0.15, 0.2) is 23.3 Å². The Morgan fingerprint density at radius 2 is 1.72 bits per heavy atom. The normalized spacial score (nSPS) is 29.1. The highest BCUT2D eigenvalue weighted by Gasteiger charge is 2.47. The van der Waals surface area contributed by atoms with Gasteiger partial charge >= 0.3 is 11.9 Å². The molecule has 2 aliphatic rings. The zero-order valence-corrected chi connectivity index (χ0v) is 15.6. The minimum absolute atomic E-state index is 0.0362. The molecule has 2 saturated heterocycles. The Balaban J connectivity index is 2.05. The van der Waals surface area contributed by atoms with Gasteiger partial charge in [0.1, 0.15) is 6.10 Å². The Hall–Kier alpha value is -1.95. The maximum absolute atomic E-state index is 12.5. The van der Waals surface area contributed by atoms with Crippen LogP contribution in [0.5, 0.6) is 0 Å². The number of rotatable bonds is 5. The summed E-state index contributed by atoms with van der Waals surface area (Å²) >= 11 is 0. The first-order chi connectivity index (χ1) is 11.7. The summed E-state index contributed by atoms with van der Waals surface area (Å²) in [5, 5.41) is 0. The number of nitrogens with zero attached hydrogens (tertiary/aromatic N) is 1. The highest BCUT2D eigenvalue weighted by atomic mass is 16.5. The second-order valence-electron chi connectivity index (χ2n) is 7.21. The van der Waals surface area contributed by atoms with Gasteiger partial charge in [0.25, 0.3) is 0 Å². The van der Waals surface area contributed by atoms with E-state index in [1.165, 1.54) is 19.3 Å². The van der Waals surface area contributed by atoms with Gasteiger partial charge in [-0.2, -0.15) is 0 Å². The van der Waals surface area contributed by atoms with Gasteiger partial charge < -0.3 is 9.47 Å². The molecule has 2 rings (SSSR count). The van der Waals surface area contributed by atoms with Crippen LogP contribution >= 0.6 is 0 Å². The Bertz CT molecular complexity index is 617. The molecule has 25 heavy (non-hydrogen) atoms. The number of hydrogen-bond acceptors (Lipinski definition) is 6. The molecule has 138 valence electrons. The molecular weight excluding hydrogens is 322 g/mol. The van der Waals surface area contributed by atoms with E-state index in [4.69, 9.17) is 4.74 Å². The molecule has 2 bridgehead atoms. The summed E-state index contributed by atoms with van der Waals surface area (Å²) in [7, 11) is 3.31. The van der Waals surface area contributed by atoms with Crippen molar-refractivity contribution in [3.63, 3.8) is 0 Å². The first-order valence-electron chi connectivity index (χ1n) is 8.60. The molecule has 0 saturated carbocycles. The predicted octanol–water partition coefficient (Wildman–Crippen LogP) is 2.04. The van der Waals surface area contributed by atoms with Crippen molar-refractivity contribution in [2.75, 3.05) is 14.2 Å². The third kappa shape index (κ3) is 4.57. The molecule has 0 aromatic rings. The number of piperidine rings is 1. The van der Waals surface area contributed by atoms with Crippen LogP contribution in [0.1, 0.15) is 40.0 Å². The molecular formula is C19H27NO5. The quantitative estimate of drug-likeness (QED) is 0.559. The fraction of sp³-hybridized carbons (Fsp3) is 0.632. The maximum atomic E-state index is 12.5. The topological polar surface area (TPSA) is 72.9 Å². The zero-order chi connectivity index (χ0) is 18.7. The average molecular weight is 349 g/mol. The van der Waals surface area contributed by atoms with Crippen LogP contribution in [0.4, 0.5) is 0 Å². The van der Waals surface area contributed by atoms with Crippen LogP contribution < -0.4 is 0 Å². The van der Waals surface area contributed by atoms with E-state index < -0.39 is 5.97 Å². The molecule has 2 fully saturated rings. The van der Waals surface area contributed by atoms with E-state index in [9.17, 15) is 14.4 Å². The molecule has 0 amide bonds. The number of carbonyl (C=O) groups is 3. The number of ether oxygens (including phenoxy) is 2. The third-order valence-electron chi connectivity index (χ3n) is 5.06. The minimum Gasteiger partial charge on any atom is -0.466 e. The van der Waals surface area contributed by atoms with Crippen LogP contribution in [0, 0.1) is 5.92 Å². The number of ketones is 1. The van der Waals surface area contributed by atoms with Gasteiger partial charge in [0.15, 0.2) is 5.78 Å². The number of fused-ring (bicyclic) bond motifs is 2. The molecule has 2 heterocycles. The second kappa shape index (κ2) is 7.95. The number of allylic oxidation sites excluding steroid dienone is 2. The van der Waals surface area contributed by atoms with Crippen LogP contribution in [0.25, 0.3) is 0 Å². The van der Waals surface area contributed by atoms with E-state index in [2.05, 4.69) is 9.64 Å². The van der Waals surface area contributed by atoms with Crippen LogP contribution in [-0.4, -0.2) is 55.0 Å². The third-order valence-corrected chi connectivity index (χ3v) is 5.06. The summed E-state index contributed by atoms with van der Waals surface area (Å²) in [5.74, 6) is -1.02. The van der Waals surface area contributed by atoms with Gasteiger partial charge in [-0.1, -0.05) is 5.57 Å². The Morgan fingerprint density at radius 1 is 1.04 bits per heavy atom. The van der Waals surface area contributed by atoms with Gasteiger partial charge in [-0.3, -0.25) is 9.69 Å². The minimum atomic E-state index is -0.488. The van der Waals surface area contributed by atoms with Crippen molar-refractivity contribution in [2.45, 2.75) is 58.2 Å². The van der Waals surface area contributed by atoms with Gasteiger partial charge in [0.2, 0.25) is 0 Å². The Kier molecular flexibility index (Phi) is 6.16. The lowest BCUT2D eigenvalue weighted by atomic mass is 9.87. The highest BCUT2D eigenvalue weighted by molar-refractivity contribution is 6.00. The van der Waals surface area contributed by atoms with Gasteiger partial charge in [0.05, 0.1) is 7.11 Å². The molecule has 6 heteroatoms. The average Bonchev–Trinajstić information content (AvgIpc) is 2.71. The van der Waals surface area contributed by atoms with Gasteiger partial charge in [-0.15, -0.1) is 0 Å². The SMILES string of the molecule is COC(=O)/C(C)=C/C(=O)[C@@H]1C[C@@H]2C[C@@H](OC(=O)C=C(C)C)[C@H](C1)N2C. The van der Waals surface area contributed by atoms with E-state index >= 15 is 0 Å². The standard InChI is InChI=1S/C19H27NO5/c1-11(2)6-18(22)25-17-10-14-8-13(9-15(17)20(14)4)16(21)7-12(3)19(23)24-5/h6-7,13-15,17H,8-10H2,1-5H3/b12-7+/t13-,14-,15+,17-/m1/s1. The molecule has 0 aliphatic carbocycles. The van der Waals surface area contributed by atoms with Crippen molar-refractivity contribution in [3.05, 3.63) is 23.3 Å². The molecule has 0 unspecified atom stereocenters. The highest BCUT2D eigenvalue weighted by Crippen LogP contribution is 2.39. The molecule has 0 N–H and O–H groups in total. The van der Waals surface area contributed by atoms with Crippen molar-refractivity contribution in [1.29, 1.82) is 0 Å². The Labute approximate surface area is 148 Å². The van der Waals surface area contributed by atoms with E-state index in [-0.39, 0.29) is 35.9 Å². The number of hydrogen-bond donors (Lipinski definition) is 0. The first kappa shape index (κ1) is 19.4. The van der Waals surface area contributed by atoms with E-state index in [0.29, 0.717) is 18.4 Å². The monoisotopic (exact) mass is 349 g/mol. The lowest BCUT2D eigenvalue weighted by molar-refractivity contribution is -0.144. The van der Waals surface area contributed by atoms with Crippen molar-refractivity contribution < 1.29 is 23.9 Å². The summed E-state index contributed by atoms with van der Waals surface area (Å²) < 4.78 is 10.2. The van der Waals surface area contributed by atoms with Crippen LogP contribution in [0.3, 0.4) is 0 Å². The number of methoxy groups -OCH3 is 1. The Morgan fingerprint density at radius 3 is 2.32 bits per heavy atom. The summed E-state index contributed by atoms with van der Waals surface area (Å²) in [5.41, 5.74) is 1.21. The van der Waals surface area contributed by atoms with E-state index in [0.717, 1.165) is 12.0 Å². The lowest BCUT2D eigenvalue weighted by Gasteiger charge is -2.35. The molecule has 2 aliphatic heterocycles. The largest absolute Gasteiger partial charge is 0.466 e. The summed E-state index contributed by atoms with van der Waals surface area (Å²) in [6, 6.07) is 0.248. The fourth-order valence-electron chi connectivity index (χ4n) is 3.75. The summed E-state index contributed by atoms with van der Waals surface area (Å²) in [6.07, 6.45) is 4.77. The summed E-state index contributed by atoms with van der Waals surface area (Å²) in [4.78, 5) is 38.1. The molecule has 0 spiro atoms. The van der Waals surface area contributed by atoms with E-state index in [1.807, 2.05) is 20.9 Å². The van der Waals surface area contributed by atoms with Gasteiger partial charge in [-0.25, -0.2) is 9.59 Å². The van der Waals surface area contributed by atoms with Crippen LogP contribution in [0.2, 0.25) is 0 Å². The van der Waals surface area contributed by atoms with Gasteiger partial charge in [-0.05, 0) is 46.7 Å². The molecule has 0 aromatic carbocycles. The fourth-order valence-corrected chi connectivity index (χ4v) is 3.75. The number of carbonyl (C=O) groups excluding carboxylic acids is 3. The number of esters is 2. The van der Waals surface area contributed by atoms with Crippen LogP contribution in [-0.2, 0) is 23.9 Å². The van der Waals surface area contributed by atoms with Crippen molar-refractivity contribution in [3.8, 4) is 0 Å². The smallest absolute Gasteiger partial charge is 0.333 e. The number of likely N-dealkylation sites (N-methyl/N-ethyl adjacent to an activating group) is 1. The van der Waals surface area contributed by atoms with Crippen molar-refractivity contribution in [2.24, 2.45) is 5.92 Å². The molecule has 0 aromatic heterocycles. The second-order valence-corrected chi connectivity index (χ2v) is 7.21. The molecule has 0 radical (unpaired) electrons. The molecule has 6 nitrogen and oxygen atoms in total. The summed E-state index contributed by atoms with van der Waals surface area (Å²) in [6.45, 7) is 5.29. The van der Waals surface area contributed by atoms with Gasteiger partial charge in [0, 0.05) is 36.1 Å². The maximum Gasteiger partial charge on any atom is 0.333 e. The molecule has 4 atom stereocenters.